The molecule has 0 spiro atoms. The second-order valence-corrected chi connectivity index (χ2v) is 7.62. The van der Waals surface area contributed by atoms with E-state index in [4.69, 9.17) is 0 Å². The van der Waals surface area contributed by atoms with Crippen LogP contribution in [0.4, 0.5) is 5.69 Å². The van der Waals surface area contributed by atoms with E-state index in [2.05, 4.69) is 15.5 Å². The maximum atomic E-state index is 12.8. The van der Waals surface area contributed by atoms with E-state index in [0.717, 1.165) is 62.0 Å². The van der Waals surface area contributed by atoms with E-state index < -0.39 is 0 Å². The summed E-state index contributed by atoms with van der Waals surface area (Å²) < 4.78 is 0. The third kappa shape index (κ3) is 3.89. The number of carbonyl (C=O) groups excluding carboxylic acids is 2. The Labute approximate surface area is 159 Å². The second kappa shape index (κ2) is 7.94. The Morgan fingerprint density at radius 2 is 1.85 bits per heavy atom. The molecule has 142 valence electrons. The number of H-pyrrole nitrogens is 1. The van der Waals surface area contributed by atoms with Crippen LogP contribution in [0.15, 0.2) is 36.5 Å². The first-order valence-corrected chi connectivity index (χ1v) is 9.91. The molecule has 6 heteroatoms. The molecule has 2 N–H and O–H groups in total. The molecule has 1 saturated heterocycles. The monoisotopic (exact) mass is 366 g/mol. The van der Waals surface area contributed by atoms with Gasteiger partial charge in [-0.15, -0.1) is 0 Å². The number of piperidine rings is 1. The molecule has 2 aromatic rings. The van der Waals surface area contributed by atoms with Crippen molar-refractivity contribution in [3.05, 3.63) is 47.8 Å². The van der Waals surface area contributed by atoms with Crippen molar-refractivity contribution in [1.82, 2.24) is 15.1 Å². The number of aromatic nitrogens is 2. The fourth-order valence-electron chi connectivity index (χ4n) is 4.29. The fourth-order valence-corrected chi connectivity index (χ4v) is 4.29. The lowest BCUT2D eigenvalue weighted by molar-refractivity contribution is -0.119. The van der Waals surface area contributed by atoms with Gasteiger partial charge >= 0.3 is 0 Å². The summed E-state index contributed by atoms with van der Waals surface area (Å²) in [5, 5.41) is 10.3. The van der Waals surface area contributed by atoms with E-state index in [-0.39, 0.29) is 23.7 Å². The molecule has 1 aliphatic carbocycles. The summed E-state index contributed by atoms with van der Waals surface area (Å²) in [6.45, 7) is 1.41. The van der Waals surface area contributed by atoms with Gasteiger partial charge in [0.2, 0.25) is 5.91 Å². The first-order chi connectivity index (χ1) is 13.2. The number of rotatable bonds is 4. The molecule has 27 heavy (non-hydrogen) atoms. The van der Waals surface area contributed by atoms with E-state index in [9.17, 15) is 9.59 Å². The third-order valence-electron chi connectivity index (χ3n) is 5.79. The average molecular weight is 366 g/mol. The summed E-state index contributed by atoms with van der Waals surface area (Å²) in [7, 11) is 0. The van der Waals surface area contributed by atoms with Crippen LogP contribution in [0.1, 0.15) is 60.5 Å². The van der Waals surface area contributed by atoms with Gasteiger partial charge < -0.3 is 10.2 Å². The number of amides is 2. The summed E-state index contributed by atoms with van der Waals surface area (Å²) in [5.41, 5.74) is 2.43. The lowest BCUT2D eigenvalue weighted by atomic mass is 9.93. The standard InChI is InChI=1S/C21H26N4O2/c26-20(15-7-4-5-8-15)23-18-13-22-24-19(18)17-11-6-12-25(14-17)21(27)16-9-2-1-3-10-16/h1-3,9-10,13,15,17H,4-8,11-12,14H2,(H,22,24)(H,23,26)/t17-/m0/s1. The van der Waals surface area contributed by atoms with Crippen molar-refractivity contribution in [2.45, 2.75) is 44.4 Å². The van der Waals surface area contributed by atoms with Gasteiger partial charge in [0.1, 0.15) is 0 Å². The van der Waals surface area contributed by atoms with Crippen molar-refractivity contribution in [1.29, 1.82) is 0 Å². The molecule has 4 rings (SSSR count). The van der Waals surface area contributed by atoms with Crippen molar-refractivity contribution < 1.29 is 9.59 Å². The number of hydrogen-bond acceptors (Lipinski definition) is 3. The Morgan fingerprint density at radius 3 is 2.63 bits per heavy atom. The van der Waals surface area contributed by atoms with Gasteiger partial charge in [-0.1, -0.05) is 31.0 Å². The smallest absolute Gasteiger partial charge is 0.253 e. The normalized spacial score (nSPS) is 20.6. The summed E-state index contributed by atoms with van der Waals surface area (Å²) >= 11 is 0. The summed E-state index contributed by atoms with van der Waals surface area (Å²) in [6, 6.07) is 9.41. The van der Waals surface area contributed by atoms with Crippen molar-refractivity contribution in [2.24, 2.45) is 5.92 Å². The Bertz CT molecular complexity index is 796. The molecule has 2 heterocycles. The zero-order chi connectivity index (χ0) is 18.6. The zero-order valence-corrected chi connectivity index (χ0v) is 15.5. The van der Waals surface area contributed by atoms with Crippen molar-refractivity contribution in [3.63, 3.8) is 0 Å². The maximum Gasteiger partial charge on any atom is 0.253 e. The second-order valence-electron chi connectivity index (χ2n) is 7.62. The average Bonchev–Trinajstić information content (AvgIpc) is 3.40. The van der Waals surface area contributed by atoms with Crippen molar-refractivity contribution >= 4 is 17.5 Å². The third-order valence-corrected chi connectivity index (χ3v) is 5.79. The van der Waals surface area contributed by atoms with E-state index in [1.54, 1.807) is 6.20 Å². The first-order valence-electron chi connectivity index (χ1n) is 9.91. The molecule has 0 radical (unpaired) electrons. The Balaban J connectivity index is 1.45. The maximum absolute atomic E-state index is 12.8. The molecule has 1 aromatic heterocycles. The lowest BCUT2D eigenvalue weighted by Gasteiger charge is -2.32. The minimum atomic E-state index is 0.0661. The number of benzene rings is 1. The van der Waals surface area contributed by atoms with Gasteiger partial charge in [-0.25, -0.2) is 0 Å². The van der Waals surface area contributed by atoms with Crippen LogP contribution in [0, 0.1) is 5.92 Å². The summed E-state index contributed by atoms with van der Waals surface area (Å²) in [5.74, 6) is 0.447. The largest absolute Gasteiger partial charge is 0.338 e. The van der Waals surface area contributed by atoms with Crippen LogP contribution in [-0.4, -0.2) is 40.0 Å². The molecule has 1 aliphatic heterocycles. The number of likely N-dealkylation sites (tertiary alicyclic amines) is 1. The van der Waals surface area contributed by atoms with Gasteiger partial charge in [0.15, 0.2) is 0 Å². The lowest BCUT2D eigenvalue weighted by Crippen LogP contribution is -2.39. The van der Waals surface area contributed by atoms with Gasteiger partial charge in [-0.2, -0.15) is 5.10 Å². The van der Waals surface area contributed by atoms with E-state index >= 15 is 0 Å². The van der Waals surface area contributed by atoms with Crippen LogP contribution in [0.25, 0.3) is 0 Å². The number of aromatic amines is 1. The zero-order valence-electron chi connectivity index (χ0n) is 15.5. The van der Waals surface area contributed by atoms with Gasteiger partial charge in [0.25, 0.3) is 5.91 Å². The predicted molar refractivity (Wildman–Crippen MR) is 103 cm³/mol. The van der Waals surface area contributed by atoms with Gasteiger partial charge in [-0.3, -0.25) is 14.7 Å². The first kappa shape index (κ1) is 17.8. The number of nitrogens with zero attached hydrogens (tertiary/aromatic N) is 2. The molecule has 6 nitrogen and oxygen atoms in total. The van der Waals surface area contributed by atoms with Crippen LogP contribution in [0.5, 0.6) is 0 Å². The predicted octanol–water partition coefficient (Wildman–Crippen LogP) is 3.56. The molecule has 0 bridgehead atoms. The van der Waals surface area contributed by atoms with Crippen molar-refractivity contribution in [3.8, 4) is 0 Å². The number of hydrogen-bond donors (Lipinski definition) is 2. The van der Waals surface area contributed by atoms with E-state index in [1.807, 2.05) is 35.2 Å². The highest BCUT2D eigenvalue weighted by atomic mass is 16.2. The molecule has 1 atom stereocenters. The quantitative estimate of drug-likeness (QED) is 0.868. The van der Waals surface area contributed by atoms with Crippen LogP contribution >= 0.6 is 0 Å². The number of carbonyl (C=O) groups is 2. The van der Waals surface area contributed by atoms with Crippen molar-refractivity contribution in [2.75, 3.05) is 18.4 Å². The Kier molecular flexibility index (Phi) is 5.23. The minimum Gasteiger partial charge on any atom is -0.338 e. The van der Waals surface area contributed by atoms with E-state index in [1.165, 1.54) is 0 Å². The molecule has 0 unspecified atom stereocenters. The molecule has 2 aliphatic rings. The highest BCUT2D eigenvalue weighted by Crippen LogP contribution is 2.32. The number of nitrogens with one attached hydrogen (secondary N) is 2. The molecule has 1 saturated carbocycles. The highest BCUT2D eigenvalue weighted by molar-refractivity contribution is 5.94. The van der Waals surface area contributed by atoms with Gasteiger partial charge in [-0.05, 0) is 37.8 Å². The minimum absolute atomic E-state index is 0.0661. The molecular weight excluding hydrogens is 340 g/mol. The van der Waals surface area contributed by atoms with Gasteiger partial charge in [0, 0.05) is 30.5 Å². The van der Waals surface area contributed by atoms with Crippen LogP contribution in [0.3, 0.4) is 0 Å². The van der Waals surface area contributed by atoms with E-state index in [0.29, 0.717) is 6.54 Å². The van der Waals surface area contributed by atoms with Crippen LogP contribution in [0.2, 0.25) is 0 Å². The fraction of sp³-hybridized carbons (Fsp3) is 0.476. The summed E-state index contributed by atoms with van der Waals surface area (Å²) in [4.78, 5) is 27.2. The van der Waals surface area contributed by atoms with Crippen LogP contribution < -0.4 is 5.32 Å². The number of anilines is 1. The van der Waals surface area contributed by atoms with Gasteiger partial charge in [0.05, 0.1) is 17.6 Å². The molecule has 2 amide bonds. The molecule has 2 fully saturated rings. The molecular formula is C21H26N4O2. The molecule has 1 aromatic carbocycles. The topological polar surface area (TPSA) is 78.1 Å². The van der Waals surface area contributed by atoms with Crippen LogP contribution in [-0.2, 0) is 4.79 Å². The summed E-state index contributed by atoms with van der Waals surface area (Å²) in [6.07, 6.45) is 7.83. The SMILES string of the molecule is O=C(Nc1cn[nH]c1[C@H]1CCCN(C(=O)c2ccccc2)C1)C1CCCC1. The highest BCUT2D eigenvalue weighted by Gasteiger charge is 2.29. The Morgan fingerprint density at radius 1 is 1.07 bits per heavy atom. The Hall–Kier alpha value is -2.63.